The molecule has 9 nitrogen and oxygen atoms in total. The number of fused-ring (bicyclic) bond motifs is 1. The number of ketones is 1. The molecule has 0 saturated carbocycles. The van der Waals surface area contributed by atoms with Crippen LogP contribution in [0.25, 0.3) is 0 Å². The minimum atomic E-state index is -0.773. The number of hydrogen-bond acceptors (Lipinski definition) is 6. The van der Waals surface area contributed by atoms with Gasteiger partial charge >= 0.3 is 0 Å². The zero-order valence-electron chi connectivity index (χ0n) is 18.1. The zero-order valence-corrected chi connectivity index (χ0v) is 19.7. The number of allylic oxidation sites excluding steroid dienone is 2. The van der Waals surface area contributed by atoms with Crippen LogP contribution in [0.1, 0.15) is 40.5 Å². The first-order valence-corrected chi connectivity index (χ1v) is 11.3. The fourth-order valence-corrected chi connectivity index (χ4v) is 4.49. The van der Waals surface area contributed by atoms with Crippen molar-refractivity contribution in [2.24, 2.45) is 11.8 Å². The molecule has 1 fully saturated rings. The number of imide groups is 1. The van der Waals surface area contributed by atoms with Gasteiger partial charge in [-0.2, -0.15) is 5.01 Å². The molecule has 1 aliphatic carbocycles. The maximum Gasteiger partial charge on any atom is 0.273 e. The monoisotopic (exact) mass is 525 g/mol. The Balaban J connectivity index is 1.69. The van der Waals surface area contributed by atoms with Gasteiger partial charge in [-0.1, -0.05) is 39.7 Å². The molecule has 10 heteroatoms. The van der Waals surface area contributed by atoms with Crippen LogP contribution >= 0.6 is 15.9 Å². The maximum absolute atomic E-state index is 13.4. The van der Waals surface area contributed by atoms with Crippen molar-refractivity contribution in [3.8, 4) is 0 Å². The van der Waals surface area contributed by atoms with Gasteiger partial charge in [-0.25, -0.2) is 5.01 Å². The third-order valence-corrected chi connectivity index (χ3v) is 6.59. The molecule has 2 aromatic rings. The lowest BCUT2D eigenvalue weighted by molar-refractivity contribution is -0.384. The first-order valence-electron chi connectivity index (χ1n) is 10.6. The highest BCUT2D eigenvalue weighted by Gasteiger charge is 2.51. The second-order valence-corrected chi connectivity index (χ2v) is 9.20. The molecule has 0 spiro atoms. The summed E-state index contributed by atoms with van der Waals surface area (Å²) in [5.74, 6) is -3.48. The van der Waals surface area contributed by atoms with Gasteiger partial charge < -0.3 is 0 Å². The molecule has 0 unspecified atom stereocenters. The molecule has 2 aromatic carbocycles. The Morgan fingerprint density at radius 2 is 1.62 bits per heavy atom. The first kappa shape index (κ1) is 23.5. The summed E-state index contributed by atoms with van der Waals surface area (Å²) in [6, 6.07) is 11.3. The third kappa shape index (κ3) is 4.41. The van der Waals surface area contributed by atoms with E-state index in [4.69, 9.17) is 0 Å². The molecule has 0 bridgehead atoms. The number of non-ortho nitro benzene ring substituents is 1. The maximum atomic E-state index is 13.4. The SMILES string of the molecule is CC1=CC[C@H]2C(=O)N(N(CC(=O)c3ccc(Br)cc3)C(=O)c3ccc([N+](=O)[O-])cc3)C(=O)[C@H]2C1. The smallest absolute Gasteiger partial charge is 0.273 e. The highest BCUT2D eigenvalue weighted by molar-refractivity contribution is 9.10. The van der Waals surface area contributed by atoms with Crippen LogP contribution in [0.3, 0.4) is 0 Å². The van der Waals surface area contributed by atoms with E-state index >= 15 is 0 Å². The van der Waals surface area contributed by atoms with E-state index in [1.165, 1.54) is 12.1 Å². The summed E-state index contributed by atoms with van der Waals surface area (Å²) in [5.41, 5.74) is 1.09. The lowest BCUT2D eigenvalue weighted by Gasteiger charge is -2.30. The van der Waals surface area contributed by atoms with Crippen molar-refractivity contribution < 1.29 is 24.1 Å². The Morgan fingerprint density at radius 1 is 1.03 bits per heavy atom. The largest absolute Gasteiger partial charge is 0.292 e. The number of hydrogen-bond donors (Lipinski definition) is 0. The van der Waals surface area contributed by atoms with Gasteiger partial charge in [0.1, 0.15) is 6.54 Å². The van der Waals surface area contributed by atoms with E-state index in [2.05, 4.69) is 15.9 Å². The lowest BCUT2D eigenvalue weighted by atomic mass is 9.82. The van der Waals surface area contributed by atoms with Gasteiger partial charge in [-0.05, 0) is 44.0 Å². The van der Waals surface area contributed by atoms with Gasteiger partial charge in [0.25, 0.3) is 23.4 Å². The summed E-state index contributed by atoms with van der Waals surface area (Å²) in [5, 5.41) is 12.6. The minimum Gasteiger partial charge on any atom is -0.292 e. The number of nitro benzene ring substituents is 1. The van der Waals surface area contributed by atoms with Gasteiger partial charge in [0.2, 0.25) is 0 Å². The number of amides is 3. The fourth-order valence-electron chi connectivity index (χ4n) is 4.23. The van der Waals surface area contributed by atoms with Crippen molar-refractivity contribution in [2.75, 3.05) is 6.54 Å². The number of hydrazine groups is 1. The predicted octanol–water partition coefficient (Wildman–Crippen LogP) is 3.94. The highest BCUT2D eigenvalue weighted by Crippen LogP contribution is 2.38. The molecule has 1 heterocycles. The molecule has 0 radical (unpaired) electrons. The van der Waals surface area contributed by atoms with Gasteiger partial charge in [0.05, 0.1) is 16.8 Å². The van der Waals surface area contributed by atoms with Crippen molar-refractivity contribution in [1.82, 2.24) is 10.0 Å². The average molecular weight is 526 g/mol. The van der Waals surface area contributed by atoms with Crippen molar-refractivity contribution >= 4 is 45.1 Å². The number of rotatable bonds is 6. The van der Waals surface area contributed by atoms with E-state index in [1.807, 2.05) is 13.0 Å². The summed E-state index contributed by atoms with van der Waals surface area (Å²) in [7, 11) is 0. The van der Waals surface area contributed by atoms with E-state index in [9.17, 15) is 29.3 Å². The standard InChI is InChI=1S/C24H20BrN3O6/c1-14-2-11-19-20(12-14)24(32)27(23(19)31)26(13-21(29)15-3-7-17(25)8-4-15)22(30)16-5-9-18(10-6-16)28(33)34/h2-10,19-20H,11-13H2,1H3/t19-,20+/m1/s1. The summed E-state index contributed by atoms with van der Waals surface area (Å²) < 4.78 is 0.764. The number of carbonyl (C=O) groups is 4. The van der Waals surface area contributed by atoms with Crippen molar-refractivity contribution in [3.05, 3.63) is 85.9 Å². The van der Waals surface area contributed by atoms with Crippen LogP contribution in [0.2, 0.25) is 0 Å². The Bertz CT molecular complexity index is 1220. The van der Waals surface area contributed by atoms with Crippen LogP contribution in [0.4, 0.5) is 5.69 Å². The summed E-state index contributed by atoms with van der Waals surface area (Å²) in [6.45, 7) is 1.34. The van der Waals surface area contributed by atoms with Crippen molar-refractivity contribution in [2.45, 2.75) is 19.8 Å². The molecule has 174 valence electrons. The van der Waals surface area contributed by atoms with E-state index in [-0.39, 0.29) is 11.3 Å². The molecule has 3 amide bonds. The molecule has 4 rings (SSSR count). The molecule has 0 N–H and O–H groups in total. The molecule has 1 aliphatic heterocycles. The second kappa shape index (κ2) is 9.30. The molecular weight excluding hydrogens is 506 g/mol. The lowest BCUT2D eigenvalue weighted by Crippen LogP contribution is -2.52. The number of nitrogens with zero attached hydrogens (tertiary/aromatic N) is 3. The van der Waals surface area contributed by atoms with Gasteiger partial charge in [0.15, 0.2) is 5.78 Å². The molecule has 2 atom stereocenters. The van der Waals surface area contributed by atoms with Crippen LogP contribution in [0.15, 0.2) is 64.7 Å². The fraction of sp³-hybridized carbons (Fsp3) is 0.250. The molecule has 2 aliphatic rings. The van der Waals surface area contributed by atoms with Crippen LogP contribution in [-0.2, 0) is 9.59 Å². The van der Waals surface area contributed by atoms with E-state index in [1.54, 1.807) is 24.3 Å². The Kier molecular flexibility index (Phi) is 6.43. The zero-order chi connectivity index (χ0) is 24.6. The number of nitro groups is 1. The third-order valence-electron chi connectivity index (χ3n) is 6.06. The van der Waals surface area contributed by atoms with Crippen LogP contribution < -0.4 is 0 Å². The summed E-state index contributed by atoms with van der Waals surface area (Å²) in [4.78, 5) is 63.3. The van der Waals surface area contributed by atoms with Gasteiger partial charge in [0, 0.05) is 27.7 Å². The normalized spacial score (nSPS) is 19.5. The molecule has 0 aromatic heterocycles. The van der Waals surface area contributed by atoms with Gasteiger partial charge in [-0.15, -0.1) is 0 Å². The van der Waals surface area contributed by atoms with E-state index < -0.39 is 46.8 Å². The summed E-state index contributed by atoms with van der Waals surface area (Å²) in [6.07, 6.45) is 2.70. The number of carbonyl (C=O) groups excluding carboxylic acids is 4. The van der Waals surface area contributed by atoms with Crippen LogP contribution in [-0.4, -0.2) is 45.0 Å². The first-order chi connectivity index (χ1) is 16.2. The average Bonchev–Trinajstić information content (AvgIpc) is 3.06. The van der Waals surface area contributed by atoms with Crippen LogP contribution in [0.5, 0.6) is 0 Å². The molecule has 34 heavy (non-hydrogen) atoms. The molecule has 1 saturated heterocycles. The summed E-state index contributed by atoms with van der Waals surface area (Å²) >= 11 is 3.30. The Hall–Kier alpha value is -3.66. The number of benzene rings is 2. The van der Waals surface area contributed by atoms with Crippen molar-refractivity contribution in [1.29, 1.82) is 0 Å². The van der Waals surface area contributed by atoms with Crippen molar-refractivity contribution in [3.63, 3.8) is 0 Å². The quantitative estimate of drug-likeness (QED) is 0.185. The van der Waals surface area contributed by atoms with Crippen LogP contribution in [0, 0.1) is 22.0 Å². The molecular formula is C24H20BrN3O6. The number of halogens is 1. The topological polar surface area (TPSA) is 118 Å². The Morgan fingerprint density at radius 3 is 2.24 bits per heavy atom. The van der Waals surface area contributed by atoms with E-state index in [0.29, 0.717) is 18.4 Å². The van der Waals surface area contributed by atoms with Gasteiger partial charge in [-0.3, -0.25) is 29.3 Å². The Labute approximate surface area is 203 Å². The second-order valence-electron chi connectivity index (χ2n) is 8.29. The minimum absolute atomic E-state index is 0.0129. The van der Waals surface area contributed by atoms with E-state index in [0.717, 1.165) is 32.2 Å². The predicted molar refractivity (Wildman–Crippen MR) is 124 cm³/mol. The number of Topliss-reactive ketones (excluding diaryl/α,β-unsaturated/α-hetero) is 1. The highest BCUT2D eigenvalue weighted by atomic mass is 79.9.